The molecule has 1 aromatic rings. The van der Waals surface area contributed by atoms with Crippen LogP contribution in [-0.4, -0.2) is 15.8 Å². The van der Waals surface area contributed by atoms with Gasteiger partial charge >= 0.3 is 0 Å². The smallest absolute Gasteiger partial charge is 0.152 e. The first kappa shape index (κ1) is 10.6. The topological polar surface area (TPSA) is 42.9 Å². The van der Waals surface area contributed by atoms with Crippen LogP contribution in [0.5, 0.6) is 0 Å². The monoisotopic (exact) mass is 190 g/mol. The van der Waals surface area contributed by atoms with E-state index in [1.807, 2.05) is 20.8 Å². The van der Waals surface area contributed by atoms with Crippen LogP contribution in [0.25, 0.3) is 6.08 Å². The minimum atomic E-state index is 0.0318. The summed E-state index contributed by atoms with van der Waals surface area (Å²) in [5.41, 5.74) is 2.76. The zero-order valence-corrected chi connectivity index (χ0v) is 8.96. The van der Waals surface area contributed by atoms with Gasteiger partial charge in [0.1, 0.15) is 5.82 Å². The quantitative estimate of drug-likeness (QED) is 0.670. The summed E-state index contributed by atoms with van der Waals surface area (Å²) in [6.07, 6.45) is 3.31. The van der Waals surface area contributed by atoms with E-state index in [1.165, 1.54) is 13.0 Å². The Hall–Kier alpha value is -1.51. The molecule has 0 aliphatic rings. The number of aromatic nitrogens is 2. The summed E-state index contributed by atoms with van der Waals surface area (Å²) in [5.74, 6) is 0.796. The van der Waals surface area contributed by atoms with E-state index in [4.69, 9.17) is 0 Å². The summed E-state index contributed by atoms with van der Waals surface area (Å²) in [5, 5.41) is 0. The summed E-state index contributed by atoms with van der Waals surface area (Å²) in [4.78, 5) is 19.3. The lowest BCUT2D eigenvalue weighted by Gasteiger charge is -2.04. The number of nitrogens with zero attached hydrogens (tertiary/aromatic N) is 2. The summed E-state index contributed by atoms with van der Waals surface area (Å²) in [6, 6.07) is 0. The van der Waals surface area contributed by atoms with Crippen LogP contribution in [0.15, 0.2) is 6.08 Å². The van der Waals surface area contributed by atoms with Crippen LogP contribution in [0.3, 0.4) is 0 Å². The Morgan fingerprint density at radius 2 is 1.64 bits per heavy atom. The van der Waals surface area contributed by atoms with Crippen LogP contribution in [0, 0.1) is 20.8 Å². The van der Waals surface area contributed by atoms with Crippen molar-refractivity contribution in [3.8, 4) is 0 Å². The predicted octanol–water partition coefficient (Wildman–Crippen LogP) is 2.00. The number of hydrogen-bond acceptors (Lipinski definition) is 3. The molecule has 0 radical (unpaired) electrons. The fourth-order valence-corrected chi connectivity index (χ4v) is 1.33. The Morgan fingerprint density at radius 3 is 2.07 bits per heavy atom. The number of carbonyl (C=O) groups excluding carboxylic acids is 1. The second-order valence-corrected chi connectivity index (χ2v) is 3.30. The van der Waals surface area contributed by atoms with Gasteiger partial charge in [0, 0.05) is 17.0 Å². The molecule has 74 valence electrons. The largest absolute Gasteiger partial charge is 0.295 e. The number of carbonyl (C=O) groups is 1. The normalized spacial score (nSPS) is 10.9. The molecule has 0 aromatic carbocycles. The average molecular weight is 190 g/mol. The van der Waals surface area contributed by atoms with Crippen molar-refractivity contribution >= 4 is 11.9 Å². The molecule has 0 spiro atoms. The van der Waals surface area contributed by atoms with Crippen LogP contribution in [-0.2, 0) is 4.79 Å². The highest BCUT2D eigenvalue weighted by Crippen LogP contribution is 2.11. The maximum Gasteiger partial charge on any atom is 0.152 e. The van der Waals surface area contributed by atoms with Crippen molar-refractivity contribution in [3.63, 3.8) is 0 Å². The summed E-state index contributed by atoms with van der Waals surface area (Å²) in [7, 11) is 0. The van der Waals surface area contributed by atoms with Gasteiger partial charge in [-0.25, -0.2) is 9.97 Å². The van der Waals surface area contributed by atoms with Gasteiger partial charge in [0.15, 0.2) is 5.78 Å². The van der Waals surface area contributed by atoms with Gasteiger partial charge in [-0.3, -0.25) is 4.79 Å². The van der Waals surface area contributed by atoms with Crippen molar-refractivity contribution < 1.29 is 4.79 Å². The summed E-state index contributed by atoms with van der Waals surface area (Å²) < 4.78 is 0. The number of aryl methyl sites for hydroxylation is 3. The third kappa shape index (κ3) is 2.49. The highest BCUT2D eigenvalue weighted by Gasteiger charge is 2.02. The number of allylic oxidation sites excluding steroid dienone is 1. The van der Waals surface area contributed by atoms with Crippen molar-refractivity contribution in [3.05, 3.63) is 28.9 Å². The molecule has 0 amide bonds. The van der Waals surface area contributed by atoms with Crippen molar-refractivity contribution in [2.24, 2.45) is 0 Å². The van der Waals surface area contributed by atoms with E-state index >= 15 is 0 Å². The molecule has 14 heavy (non-hydrogen) atoms. The molecular weight excluding hydrogens is 176 g/mol. The van der Waals surface area contributed by atoms with Crippen molar-refractivity contribution in [2.75, 3.05) is 0 Å². The van der Waals surface area contributed by atoms with Crippen molar-refractivity contribution in [2.45, 2.75) is 27.7 Å². The Morgan fingerprint density at radius 1 is 1.14 bits per heavy atom. The van der Waals surface area contributed by atoms with Crippen molar-refractivity contribution in [1.82, 2.24) is 9.97 Å². The van der Waals surface area contributed by atoms with E-state index in [-0.39, 0.29) is 5.78 Å². The lowest BCUT2D eigenvalue weighted by Crippen LogP contribution is -1.98. The molecule has 0 saturated heterocycles. The number of hydrogen-bond donors (Lipinski definition) is 0. The first-order valence-corrected chi connectivity index (χ1v) is 4.51. The summed E-state index contributed by atoms with van der Waals surface area (Å²) in [6.45, 7) is 7.22. The van der Waals surface area contributed by atoms with Gasteiger partial charge < -0.3 is 0 Å². The minimum Gasteiger partial charge on any atom is -0.295 e. The number of ketones is 1. The van der Waals surface area contributed by atoms with Gasteiger partial charge in [0.2, 0.25) is 0 Å². The predicted molar refractivity (Wildman–Crippen MR) is 56.0 cm³/mol. The fourth-order valence-electron chi connectivity index (χ4n) is 1.33. The average Bonchev–Trinajstić information content (AvgIpc) is 2.01. The lowest BCUT2D eigenvalue weighted by molar-refractivity contribution is -0.112. The molecule has 0 atom stereocenters. The Balaban J connectivity index is 3.15. The van der Waals surface area contributed by atoms with E-state index in [1.54, 1.807) is 6.08 Å². The minimum absolute atomic E-state index is 0.0318. The van der Waals surface area contributed by atoms with E-state index in [9.17, 15) is 4.79 Å². The first-order chi connectivity index (χ1) is 6.50. The molecule has 0 bridgehead atoms. The van der Waals surface area contributed by atoms with Gasteiger partial charge in [-0.2, -0.15) is 0 Å². The van der Waals surface area contributed by atoms with E-state index in [0.717, 1.165) is 22.8 Å². The molecule has 0 aliphatic heterocycles. The molecule has 0 N–H and O–H groups in total. The second kappa shape index (κ2) is 4.13. The SMILES string of the molecule is CC(=O)C=Cc1c(C)nc(C)nc1C. The van der Waals surface area contributed by atoms with Crippen LogP contribution in [0.1, 0.15) is 29.7 Å². The van der Waals surface area contributed by atoms with Crippen LogP contribution in [0.4, 0.5) is 0 Å². The highest BCUT2D eigenvalue weighted by molar-refractivity contribution is 5.91. The van der Waals surface area contributed by atoms with Gasteiger partial charge in [-0.1, -0.05) is 0 Å². The van der Waals surface area contributed by atoms with E-state index < -0.39 is 0 Å². The van der Waals surface area contributed by atoms with Gasteiger partial charge in [-0.15, -0.1) is 0 Å². The molecule has 1 aromatic heterocycles. The molecule has 0 aliphatic carbocycles. The van der Waals surface area contributed by atoms with Crippen LogP contribution >= 0.6 is 0 Å². The molecule has 1 rings (SSSR count). The summed E-state index contributed by atoms with van der Waals surface area (Å²) >= 11 is 0. The first-order valence-electron chi connectivity index (χ1n) is 4.51. The van der Waals surface area contributed by atoms with E-state index in [0.29, 0.717) is 0 Å². The van der Waals surface area contributed by atoms with Crippen LogP contribution < -0.4 is 0 Å². The molecule has 3 nitrogen and oxygen atoms in total. The van der Waals surface area contributed by atoms with E-state index in [2.05, 4.69) is 9.97 Å². The zero-order valence-electron chi connectivity index (χ0n) is 8.96. The fraction of sp³-hybridized carbons (Fsp3) is 0.364. The van der Waals surface area contributed by atoms with Gasteiger partial charge in [-0.05, 0) is 39.8 Å². The van der Waals surface area contributed by atoms with Gasteiger partial charge in [0.05, 0.1) is 0 Å². The van der Waals surface area contributed by atoms with Gasteiger partial charge in [0.25, 0.3) is 0 Å². The molecule has 0 saturated carbocycles. The maximum atomic E-state index is 10.8. The van der Waals surface area contributed by atoms with Crippen molar-refractivity contribution in [1.29, 1.82) is 0 Å². The number of rotatable bonds is 2. The van der Waals surface area contributed by atoms with Crippen LogP contribution in [0.2, 0.25) is 0 Å². The highest BCUT2D eigenvalue weighted by atomic mass is 16.1. The second-order valence-electron chi connectivity index (χ2n) is 3.30. The Bertz CT molecular complexity index is 371. The zero-order chi connectivity index (χ0) is 10.7. The molecule has 3 heteroatoms. The molecule has 0 unspecified atom stereocenters. The third-order valence-corrected chi connectivity index (χ3v) is 1.92. The Kier molecular flexibility index (Phi) is 3.12. The Labute approximate surface area is 83.9 Å². The molecule has 1 heterocycles. The lowest BCUT2D eigenvalue weighted by atomic mass is 10.1. The third-order valence-electron chi connectivity index (χ3n) is 1.92. The molecule has 0 fully saturated rings. The molecular formula is C11H14N2O. The maximum absolute atomic E-state index is 10.8. The standard InChI is InChI=1S/C11H14N2O/c1-7(14)5-6-11-8(2)12-10(4)13-9(11)3/h5-6H,1-4H3.